The smallest absolute Gasteiger partial charge is 0.0937 e. The molecule has 0 heterocycles. The van der Waals surface area contributed by atoms with Crippen molar-refractivity contribution in [2.24, 2.45) is 16.6 Å². The van der Waals surface area contributed by atoms with Crippen molar-refractivity contribution in [2.75, 3.05) is 0 Å². The molecule has 1 fully saturated rings. The number of aliphatic imine (C=N–C) groups is 1. The Morgan fingerprint density at radius 3 is 2.70 bits per heavy atom. The van der Waals surface area contributed by atoms with Crippen LogP contribution in [0.1, 0.15) is 33.1 Å². The van der Waals surface area contributed by atoms with Crippen molar-refractivity contribution in [3.63, 3.8) is 0 Å². The molecule has 0 bridgehead atoms. The summed E-state index contributed by atoms with van der Waals surface area (Å²) in [7, 11) is 0. The van der Waals surface area contributed by atoms with Crippen molar-refractivity contribution < 1.29 is 0 Å². The molecule has 1 atom stereocenters. The van der Waals surface area contributed by atoms with Gasteiger partial charge in [0.05, 0.1) is 11.9 Å². The van der Waals surface area contributed by atoms with Gasteiger partial charge in [0.1, 0.15) is 0 Å². The lowest BCUT2D eigenvalue weighted by molar-refractivity contribution is 0.650. The minimum Gasteiger partial charge on any atom is -0.387 e. The molecule has 2 heteroatoms. The van der Waals surface area contributed by atoms with Crippen molar-refractivity contribution in [3.05, 3.63) is 0 Å². The Bertz CT molecular complexity index is 136. The molecule has 0 aromatic carbocycles. The maximum atomic E-state index is 5.59. The second-order valence-electron chi connectivity index (χ2n) is 3.05. The lowest BCUT2D eigenvalue weighted by Gasteiger charge is -2.03. The Kier molecular flexibility index (Phi) is 2.30. The summed E-state index contributed by atoms with van der Waals surface area (Å²) in [4.78, 5) is 4.35. The zero-order valence-electron chi connectivity index (χ0n) is 6.80. The molecule has 1 aliphatic rings. The number of nitrogens with zero attached hydrogens (tertiary/aromatic N) is 1. The monoisotopic (exact) mass is 140 g/mol. The van der Waals surface area contributed by atoms with Crippen LogP contribution in [0.2, 0.25) is 0 Å². The Morgan fingerprint density at radius 2 is 2.30 bits per heavy atom. The van der Waals surface area contributed by atoms with Crippen molar-refractivity contribution >= 4 is 5.84 Å². The summed E-state index contributed by atoms with van der Waals surface area (Å²) in [5.74, 6) is 1.64. The van der Waals surface area contributed by atoms with Crippen LogP contribution < -0.4 is 5.73 Å². The van der Waals surface area contributed by atoms with Crippen LogP contribution in [0.4, 0.5) is 0 Å². The number of hydrogen-bond acceptors (Lipinski definition) is 1. The molecule has 1 saturated carbocycles. The van der Waals surface area contributed by atoms with Crippen LogP contribution in [-0.4, -0.2) is 11.9 Å². The average Bonchev–Trinajstić information content (AvgIpc) is 2.68. The molecule has 10 heavy (non-hydrogen) atoms. The third-order valence-corrected chi connectivity index (χ3v) is 2.04. The zero-order chi connectivity index (χ0) is 7.56. The molecule has 0 aromatic rings. The van der Waals surface area contributed by atoms with Crippen LogP contribution in [0.3, 0.4) is 0 Å². The highest BCUT2D eigenvalue weighted by molar-refractivity contribution is 5.80. The molecule has 0 saturated heterocycles. The van der Waals surface area contributed by atoms with Gasteiger partial charge in [-0.25, -0.2) is 0 Å². The van der Waals surface area contributed by atoms with Gasteiger partial charge in [-0.15, -0.1) is 0 Å². The van der Waals surface area contributed by atoms with E-state index in [1.807, 2.05) is 6.92 Å². The van der Waals surface area contributed by atoms with Crippen molar-refractivity contribution in [3.8, 4) is 0 Å². The number of amidine groups is 1. The highest BCUT2D eigenvalue weighted by atomic mass is 14.9. The molecule has 1 rings (SSSR count). The predicted molar refractivity (Wildman–Crippen MR) is 44.1 cm³/mol. The van der Waals surface area contributed by atoms with Gasteiger partial charge >= 0.3 is 0 Å². The van der Waals surface area contributed by atoms with Gasteiger partial charge in [-0.1, -0.05) is 6.92 Å². The van der Waals surface area contributed by atoms with E-state index in [2.05, 4.69) is 11.9 Å². The fourth-order valence-corrected chi connectivity index (χ4v) is 1.04. The van der Waals surface area contributed by atoms with E-state index in [0.29, 0.717) is 6.04 Å². The summed E-state index contributed by atoms with van der Waals surface area (Å²) < 4.78 is 0. The molecule has 0 spiro atoms. The van der Waals surface area contributed by atoms with Crippen molar-refractivity contribution in [1.29, 1.82) is 0 Å². The maximum Gasteiger partial charge on any atom is 0.0937 e. The first kappa shape index (κ1) is 7.58. The van der Waals surface area contributed by atoms with Gasteiger partial charge < -0.3 is 5.73 Å². The van der Waals surface area contributed by atoms with Gasteiger partial charge in [0.25, 0.3) is 0 Å². The molecule has 2 nitrogen and oxygen atoms in total. The maximum absolute atomic E-state index is 5.59. The summed E-state index contributed by atoms with van der Waals surface area (Å²) in [6.45, 7) is 4.19. The second-order valence-corrected chi connectivity index (χ2v) is 3.05. The SMILES string of the molecule is CCC(N)=NC(C)C1CC1. The minimum absolute atomic E-state index is 0.472. The molecule has 1 aliphatic carbocycles. The first-order valence-electron chi connectivity index (χ1n) is 4.06. The fourth-order valence-electron chi connectivity index (χ4n) is 1.04. The van der Waals surface area contributed by atoms with Crippen LogP contribution in [0.15, 0.2) is 4.99 Å². The van der Waals surface area contributed by atoms with Crippen molar-refractivity contribution in [2.45, 2.75) is 39.2 Å². The first-order valence-corrected chi connectivity index (χ1v) is 4.06. The summed E-state index contributed by atoms with van der Waals surface area (Å²) in [6.07, 6.45) is 3.58. The highest BCUT2D eigenvalue weighted by Crippen LogP contribution is 2.33. The third-order valence-electron chi connectivity index (χ3n) is 2.04. The van der Waals surface area contributed by atoms with E-state index in [9.17, 15) is 0 Å². The summed E-state index contributed by atoms with van der Waals surface area (Å²) in [5.41, 5.74) is 5.59. The van der Waals surface area contributed by atoms with E-state index < -0.39 is 0 Å². The Morgan fingerprint density at radius 1 is 1.70 bits per heavy atom. The van der Waals surface area contributed by atoms with E-state index >= 15 is 0 Å². The van der Waals surface area contributed by atoms with Crippen LogP contribution in [0, 0.1) is 5.92 Å². The fraction of sp³-hybridized carbons (Fsp3) is 0.875. The number of rotatable bonds is 3. The van der Waals surface area contributed by atoms with Crippen LogP contribution in [0.25, 0.3) is 0 Å². The average molecular weight is 140 g/mol. The van der Waals surface area contributed by atoms with Gasteiger partial charge in [0, 0.05) is 6.42 Å². The van der Waals surface area contributed by atoms with Crippen LogP contribution >= 0.6 is 0 Å². The largest absolute Gasteiger partial charge is 0.387 e. The van der Waals surface area contributed by atoms with Gasteiger partial charge in [0.15, 0.2) is 0 Å². The van der Waals surface area contributed by atoms with E-state index in [1.165, 1.54) is 12.8 Å². The third kappa shape index (κ3) is 2.01. The molecule has 2 N–H and O–H groups in total. The Balaban J connectivity index is 2.33. The molecular formula is C8H16N2. The second kappa shape index (κ2) is 3.04. The lowest BCUT2D eigenvalue weighted by Crippen LogP contribution is -2.14. The Hall–Kier alpha value is -0.530. The van der Waals surface area contributed by atoms with Gasteiger partial charge in [-0.2, -0.15) is 0 Å². The standard InChI is InChI=1S/C8H16N2/c1-3-8(9)10-6(2)7-4-5-7/h6-7H,3-5H2,1-2H3,(H2,9,10). The predicted octanol–water partition coefficient (Wildman–Crippen LogP) is 1.55. The van der Waals surface area contributed by atoms with E-state index in [4.69, 9.17) is 5.73 Å². The molecule has 58 valence electrons. The Labute approximate surface area is 62.5 Å². The highest BCUT2D eigenvalue weighted by Gasteiger charge is 2.27. The molecule has 0 radical (unpaired) electrons. The molecule has 0 aromatic heterocycles. The van der Waals surface area contributed by atoms with Crippen molar-refractivity contribution in [1.82, 2.24) is 0 Å². The molecule has 1 unspecified atom stereocenters. The molecule has 0 aliphatic heterocycles. The lowest BCUT2D eigenvalue weighted by atomic mass is 10.2. The van der Waals surface area contributed by atoms with E-state index in [-0.39, 0.29) is 0 Å². The summed E-state index contributed by atoms with van der Waals surface area (Å²) in [6, 6.07) is 0.472. The van der Waals surface area contributed by atoms with Gasteiger partial charge in [-0.3, -0.25) is 4.99 Å². The summed E-state index contributed by atoms with van der Waals surface area (Å²) in [5, 5.41) is 0. The number of nitrogens with two attached hydrogens (primary N) is 1. The van der Waals surface area contributed by atoms with E-state index in [1.54, 1.807) is 0 Å². The zero-order valence-corrected chi connectivity index (χ0v) is 6.80. The first-order chi connectivity index (χ1) is 4.74. The molecule has 0 amide bonds. The van der Waals surface area contributed by atoms with Gasteiger partial charge in [0.2, 0.25) is 0 Å². The molecular weight excluding hydrogens is 124 g/mol. The van der Waals surface area contributed by atoms with E-state index in [0.717, 1.165) is 18.2 Å². The van der Waals surface area contributed by atoms with Crippen LogP contribution in [-0.2, 0) is 0 Å². The van der Waals surface area contributed by atoms with Crippen LogP contribution in [0.5, 0.6) is 0 Å². The minimum atomic E-state index is 0.472. The van der Waals surface area contributed by atoms with Gasteiger partial charge in [-0.05, 0) is 25.7 Å². The number of hydrogen-bond donors (Lipinski definition) is 1. The normalized spacial score (nSPS) is 22.8. The topological polar surface area (TPSA) is 38.4 Å². The summed E-state index contributed by atoms with van der Waals surface area (Å²) >= 11 is 0. The quantitative estimate of drug-likeness (QED) is 0.469.